The van der Waals surface area contributed by atoms with Crippen LogP contribution < -0.4 is 0 Å². The summed E-state index contributed by atoms with van der Waals surface area (Å²) in [7, 11) is 0. The number of amides is 2. The molecule has 2 amide bonds. The molecule has 0 radical (unpaired) electrons. The number of nitrogens with zero attached hydrogens (tertiary/aromatic N) is 2. The van der Waals surface area contributed by atoms with Gasteiger partial charge in [0.05, 0.1) is 6.54 Å². The Bertz CT molecular complexity index is 404. The molecule has 0 unspecified atom stereocenters. The highest BCUT2D eigenvalue weighted by Crippen LogP contribution is 2.24. The molecule has 1 N–H and O–H groups in total. The Balaban J connectivity index is 1.99. The zero-order valence-corrected chi connectivity index (χ0v) is 12.4. The lowest BCUT2D eigenvalue weighted by molar-refractivity contribution is -0.148. The number of rotatable bonds is 5. The van der Waals surface area contributed by atoms with E-state index in [2.05, 4.69) is 0 Å². The second kappa shape index (κ2) is 7.43. The van der Waals surface area contributed by atoms with Gasteiger partial charge in [-0.3, -0.25) is 14.4 Å². The number of carboxylic acid groups (broad SMARTS) is 1. The molecule has 2 fully saturated rings. The third kappa shape index (κ3) is 4.44. The number of likely N-dealkylation sites (tertiary alicyclic amines) is 1. The molecule has 0 aromatic heterocycles. The van der Waals surface area contributed by atoms with E-state index in [4.69, 9.17) is 5.11 Å². The normalized spacial score (nSPS) is 20.4. The summed E-state index contributed by atoms with van der Waals surface area (Å²) in [6, 6.07) is 0.0238. The Morgan fingerprint density at radius 3 is 2.52 bits per heavy atom. The molecule has 6 nitrogen and oxygen atoms in total. The van der Waals surface area contributed by atoms with E-state index in [9.17, 15) is 14.4 Å². The van der Waals surface area contributed by atoms with Crippen molar-refractivity contribution in [3.8, 4) is 0 Å². The van der Waals surface area contributed by atoms with Crippen LogP contribution in [0.2, 0.25) is 0 Å². The lowest BCUT2D eigenvalue weighted by Crippen LogP contribution is -2.48. The molecule has 1 aliphatic heterocycles. The second-order valence-electron chi connectivity index (χ2n) is 5.98. The van der Waals surface area contributed by atoms with Crippen LogP contribution >= 0.6 is 0 Å². The summed E-state index contributed by atoms with van der Waals surface area (Å²) in [5, 5.41) is 9.02. The van der Waals surface area contributed by atoms with E-state index in [0.717, 1.165) is 44.9 Å². The summed E-state index contributed by atoms with van der Waals surface area (Å²) in [4.78, 5) is 38.5. The van der Waals surface area contributed by atoms with Crippen molar-refractivity contribution >= 4 is 17.8 Å². The summed E-state index contributed by atoms with van der Waals surface area (Å²) < 4.78 is 0. The van der Waals surface area contributed by atoms with E-state index in [-0.39, 0.29) is 30.9 Å². The van der Waals surface area contributed by atoms with Crippen LogP contribution in [0.5, 0.6) is 0 Å². The Morgan fingerprint density at radius 1 is 1.14 bits per heavy atom. The maximum Gasteiger partial charge on any atom is 0.323 e. The largest absolute Gasteiger partial charge is 0.480 e. The molecular weight excluding hydrogens is 272 g/mol. The first-order chi connectivity index (χ1) is 10.1. The Morgan fingerprint density at radius 2 is 1.86 bits per heavy atom. The van der Waals surface area contributed by atoms with Crippen molar-refractivity contribution in [2.45, 2.75) is 57.4 Å². The maximum absolute atomic E-state index is 12.5. The fourth-order valence-electron chi connectivity index (χ4n) is 3.24. The van der Waals surface area contributed by atoms with Crippen LogP contribution in [-0.2, 0) is 14.4 Å². The molecule has 2 aliphatic rings. The molecule has 6 heteroatoms. The SMILES string of the molecule is O=C(O)CN(C(=O)CN1CCCCCC1=O)C1CCCC1. The highest BCUT2D eigenvalue weighted by Gasteiger charge is 2.30. The van der Waals surface area contributed by atoms with E-state index >= 15 is 0 Å². The van der Waals surface area contributed by atoms with Gasteiger partial charge in [-0.25, -0.2) is 0 Å². The first-order valence-electron chi connectivity index (χ1n) is 7.87. The molecule has 0 bridgehead atoms. The molecule has 0 aromatic carbocycles. The van der Waals surface area contributed by atoms with E-state index in [1.54, 1.807) is 4.90 Å². The zero-order valence-electron chi connectivity index (χ0n) is 12.4. The molecule has 0 atom stereocenters. The Kier molecular flexibility index (Phi) is 5.59. The molecule has 2 rings (SSSR count). The van der Waals surface area contributed by atoms with Crippen molar-refractivity contribution in [1.82, 2.24) is 9.80 Å². The fourth-order valence-corrected chi connectivity index (χ4v) is 3.24. The van der Waals surface area contributed by atoms with Crippen molar-refractivity contribution in [3.05, 3.63) is 0 Å². The van der Waals surface area contributed by atoms with E-state index in [1.807, 2.05) is 0 Å². The summed E-state index contributed by atoms with van der Waals surface area (Å²) >= 11 is 0. The quantitative estimate of drug-likeness (QED) is 0.828. The molecule has 1 saturated carbocycles. The van der Waals surface area contributed by atoms with Crippen LogP contribution in [0.1, 0.15) is 51.4 Å². The Labute approximate surface area is 125 Å². The molecule has 1 heterocycles. The molecular formula is C15H24N2O4. The summed E-state index contributed by atoms with van der Waals surface area (Å²) in [6.07, 6.45) is 7.12. The number of carboxylic acids is 1. The third-order valence-electron chi connectivity index (χ3n) is 4.39. The lowest BCUT2D eigenvalue weighted by Gasteiger charge is -2.30. The average molecular weight is 296 g/mol. The van der Waals surface area contributed by atoms with Crippen molar-refractivity contribution in [3.63, 3.8) is 0 Å². The van der Waals surface area contributed by atoms with Gasteiger partial charge in [0.1, 0.15) is 6.54 Å². The molecule has 0 spiro atoms. The highest BCUT2D eigenvalue weighted by atomic mass is 16.4. The van der Waals surface area contributed by atoms with Crippen LogP contribution in [0.25, 0.3) is 0 Å². The minimum absolute atomic E-state index is 0.0162. The number of hydrogen-bond acceptors (Lipinski definition) is 3. The van der Waals surface area contributed by atoms with Crippen LogP contribution in [0.4, 0.5) is 0 Å². The topological polar surface area (TPSA) is 77.9 Å². The molecule has 1 saturated heterocycles. The van der Waals surface area contributed by atoms with Gasteiger partial charge in [-0.1, -0.05) is 19.3 Å². The van der Waals surface area contributed by atoms with Gasteiger partial charge in [-0.05, 0) is 25.7 Å². The van der Waals surface area contributed by atoms with E-state index in [1.165, 1.54) is 4.90 Å². The molecule has 1 aliphatic carbocycles. The van der Waals surface area contributed by atoms with Crippen molar-refractivity contribution in [2.75, 3.05) is 19.6 Å². The summed E-state index contributed by atoms with van der Waals surface area (Å²) in [5.41, 5.74) is 0. The fraction of sp³-hybridized carbons (Fsp3) is 0.800. The standard InChI is InChI=1S/C15H24N2O4/c18-13-8-2-1-5-9-16(13)10-14(19)17(11-15(20)21)12-6-3-4-7-12/h12H,1-11H2,(H,20,21). The highest BCUT2D eigenvalue weighted by molar-refractivity contribution is 5.87. The minimum atomic E-state index is -0.988. The van der Waals surface area contributed by atoms with Crippen LogP contribution in [0, 0.1) is 0 Å². The maximum atomic E-state index is 12.5. The van der Waals surface area contributed by atoms with Crippen molar-refractivity contribution < 1.29 is 19.5 Å². The van der Waals surface area contributed by atoms with E-state index in [0.29, 0.717) is 13.0 Å². The monoisotopic (exact) mass is 296 g/mol. The predicted octanol–water partition coefficient (Wildman–Crippen LogP) is 1.24. The number of carbonyl (C=O) groups excluding carboxylic acids is 2. The van der Waals surface area contributed by atoms with Gasteiger partial charge in [-0.15, -0.1) is 0 Å². The van der Waals surface area contributed by atoms with Gasteiger partial charge < -0.3 is 14.9 Å². The lowest BCUT2D eigenvalue weighted by atomic mass is 10.2. The zero-order chi connectivity index (χ0) is 15.2. The summed E-state index contributed by atoms with van der Waals surface area (Å²) in [6.45, 7) is 0.379. The minimum Gasteiger partial charge on any atom is -0.480 e. The molecule has 118 valence electrons. The van der Waals surface area contributed by atoms with Gasteiger partial charge in [0.25, 0.3) is 0 Å². The van der Waals surface area contributed by atoms with Crippen LogP contribution in [-0.4, -0.2) is 58.4 Å². The molecule has 21 heavy (non-hydrogen) atoms. The number of carbonyl (C=O) groups is 3. The van der Waals surface area contributed by atoms with Gasteiger partial charge in [0.2, 0.25) is 11.8 Å². The van der Waals surface area contributed by atoms with Gasteiger partial charge in [-0.2, -0.15) is 0 Å². The second-order valence-corrected chi connectivity index (χ2v) is 5.98. The van der Waals surface area contributed by atoms with E-state index < -0.39 is 5.97 Å². The molecule has 0 aromatic rings. The summed E-state index contributed by atoms with van der Waals surface area (Å²) in [5.74, 6) is -1.19. The third-order valence-corrected chi connectivity index (χ3v) is 4.39. The number of aliphatic carboxylic acids is 1. The van der Waals surface area contributed by atoms with Crippen LogP contribution in [0.15, 0.2) is 0 Å². The first-order valence-corrected chi connectivity index (χ1v) is 7.87. The Hall–Kier alpha value is -1.59. The predicted molar refractivity (Wildman–Crippen MR) is 76.7 cm³/mol. The smallest absolute Gasteiger partial charge is 0.323 e. The average Bonchev–Trinajstić information content (AvgIpc) is 2.89. The van der Waals surface area contributed by atoms with Crippen molar-refractivity contribution in [1.29, 1.82) is 0 Å². The van der Waals surface area contributed by atoms with Gasteiger partial charge >= 0.3 is 5.97 Å². The van der Waals surface area contributed by atoms with Gasteiger partial charge in [0, 0.05) is 19.0 Å². The van der Waals surface area contributed by atoms with Crippen LogP contribution in [0.3, 0.4) is 0 Å². The number of hydrogen-bond donors (Lipinski definition) is 1. The van der Waals surface area contributed by atoms with Gasteiger partial charge in [0.15, 0.2) is 0 Å². The van der Waals surface area contributed by atoms with Crippen molar-refractivity contribution in [2.24, 2.45) is 0 Å². The first kappa shape index (κ1) is 15.8.